The Balaban J connectivity index is 1.59. The quantitative estimate of drug-likeness (QED) is 0.361. The summed E-state index contributed by atoms with van der Waals surface area (Å²) < 4.78 is 24.3. The number of aromatic hydroxyl groups is 1. The molecule has 6 rings (SSSR count). The summed E-state index contributed by atoms with van der Waals surface area (Å²) in [6, 6.07) is 6.04. The highest BCUT2D eigenvalue weighted by Crippen LogP contribution is 2.56. The number of H-pyrrole nitrogens is 1. The van der Waals surface area contributed by atoms with Crippen LogP contribution in [0.25, 0.3) is 0 Å². The normalized spacial score (nSPS) is 22.5. The minimum atomic E-state index is -1.96. The molecule has 3 heterocycles. The second-order valence-corrected chi connectivity index (χ2v) is 11.3. The number of Topliss-reactive ketones (excluding diaryl/α,β-unsaturated/α-hetero) is 2. The third-order valence-corrected chi connectivity index (χ3v) is 8.75. The van der Waals surface area contributed by atoms with Crippen LogP contribution in [0.3, 0.4) is 0 Å². The molecule has 12 heteroatoms. The molecule has 3 atom stereocenters. The summed E-state index contributed by atoms with van der Waals surface area (Å²) in [5, 5.41) is 16.6. The highest BCUT2D eigenvalue weighted by molar-refractivity contribution is 6.36. The Kier molecular flexibility index (Phi) is 6.34. The molecule has 0 radical (unpaired) electrons. The molecule has 2 aromatic carbocycles. The van der Waals surface area contributed by atoms with Crippen molar-refractivity contribution in [2.75, 3.05) is 26.6 Å². The Hall–Kier alpha value is -4.38. The first-order chi connectivity index (χ1) is 20.0. The van der Waals surface area contributed by atoms with E-state index in [0.29, 0.717) is 22.6 Å². The zero-order valence-corrected chi connectivity index (χ0v) is 24.6. The van der Waals surface area contributed by atoms with Crippen LogP contribution in [0.15, 0.2) is 40.3 Å². The molecule has 1 aromatic heterocycles. The van der Waals surface area contributed by atoms with E-state index in [9.17, 15) is 19.5 Å². The van der Waals surface area contributed by atoms with Gasteiger partial charge >= 0.3 is 0 Å². The number of fused-ring (bicyclic) bond motifs is 2. The van der Waals surface area contributed by atoms with Gasteiger partial charge < -0.3 is 29.4 Å². The predicted octanol–water partition coefficient (Wildman–Crippen LogP) is 4.58. The fourth-order valence-electron chi connectivity index (χ4n) is 6.36. The number of allylic oxidation sites excluding steroid dienone is 1. The Bertz CT molecular complexity index is 1770. The van der Waals surface area contributed by atoms with Crippen molar-refractivity contribution < 1.29 is 33.6 Å². The lowest BCUT2D eigenvalue weighted by molar-refractivity contribution is -0.130. The van der Waals surface area contributed by atoms with Gasteiger partial charge in [0.1, 0.15) is 27.9 Å². The van der Waals surface area contributed by atoms with E-state index in [1.807, 2.05) is 13.8 Å². The number of nitrogens with one attached hydrogen (secondary N) is 2. The van der Waals surface area contributed by atoms with E-state index in [0.717, 1.165) is 0 Å². The molecule has 1 spiro atoms. The van der Waals surface area contributed by atoms with Crippen molar-refractivity contribution in [1.29, 1.82) is 0 Å². The van der Waals surface area contributed by atoms with Gasteiger partial charge in [0.15, 0.2) is 17.2 Å². The minimum absolute atomic E-state index is 0.0123. The van der Waals surface area contributed by atoms with E-state index in [2.05, 4.69) is 10.4 Å². The Morgan fingerprint density at radius 1 is 1.05 bits per heavy atom. The molecule has 42 heavy (non-hydrogen) atoms. The van der Waals surface area contributed by atoms with Crippen LogP contribution >= 0.6 is 11.6 Å². The molecule has 1 aliphatic carbocycles. The number of phenolic OH excluding ortho intramolecular Hbond substituents is 1. The number of ether oxygens (including phenoxy) is 4. The first kappa shape index (κ1) is 27.8. The molecule has 220 valence electrons. The van der Waals surface area contributed by atoms with Gasteiger partial charge in [0.2, 0.25) is 17.2 Å². The van der Waals surface area contributed by atoms with Crippen molar-refractivity contribution in [3.05, 3.63) is 67.6 Å². The molecule has 3 aromatic rings. The monoisotopic (exact) mass is 595 g/mol. The maximum Gasteiger partial charge on any atom is 0.270 e. The Morgan fingerprint density at radius 2 is 1.74 bits per heavy atom. The number of aromatic amines is 1. The largest absolute Gasteiger partial charge is 0.504 e. The number of anilines is 1. The molecule has 3 N–H and O–H groups in total. The number of carbonyl (C=O) groups excluding carboxylic acids is 2. The van der Waals surface area contributed by atoms with Gasteiger partial charge in [-0.05, 0) is 38.0 Å². The number of halogens is 1. The highest BCUT2D eigenvalue weighted by Gasteiger charge is 2.63. The van der Waals surface area contributed by atoms with Crippen molar-refractivity contribution >= 4 is 29.0 Å². The summed E-state index contributed by atoms with van der Waals surface area (Å²) in [7, 11) is 4.24. The second-order valence-electron chi connectivity index (χ2n) is 10.9. The van der Waals surface area contributed by atoms with Crippen molar-refractivity contribution in [1.82, 2.24) is 9.78 Å². The molecule has 11 nitrogen and oxygen atoms in total. The lowest BCUT2D eigenvalue weighted by Gasteiger charge is -2.42. The number of hydrogen-bond acceptors (Lipinski definition) is 9. The van der Waals surface area contributed by atoms with Crippen LogP contribution in [0.5, 0.6) is 28.7 Å². The number of carbonyl (C=O) groups is 2. The average molecular weight is 596 g/mol. The smallest absolute Gasteiger partial charge is 0.270 e. The van der Waals surface area contributed by atoms with Gasteiger partial charge in [0, 0.05) is 35.2 Å². The molecule has 3 aliphatic rings. The van der Waals surface area contributed by atoms with Crippen LogP contribution in [-0.2, 0) is 4.79 Å². The maximum atomic E-state index is 14.8. The van der Waals surface area contributed by atoms with Crippen LogP contribution in [0, 0.1) is 5.92 Å². The number of ketones is 2. The van der Waals surface area contributed by atoms with Gasteiger partial charge in [-0.25, -0.2) is 0 Å². The third-order valence-electron chi connectivity index (χ3n) is 8.39. The number of hydrogen-bond donors (Lipinski definition) is 3. The van der Waals surface area contributed by atoms with Gasteiger partial charge in [0.25, 0.3) is 5.56 Å². The number of rotatable bonds is 5. The molecule has 0 bridgehead atoms. The van der Waals surface area contributed by atoms with Crippen molar-refractivity contribution in [2.24, 2.45) is 5.92 Å². The Morgan fingerprint density at radius 3 is 2.38 bits per heavy atom. The minimum Gasteiger partial charge on any atom is -0.504 e. The first-order valence-electron chi connectivity index (χ1n) is 13.4. The second kappa shape index (κ2) is 9.59. The molecular formula is C30H30ClN3O8. The number of methoxy groups -OCH3 is 3. The van der Waals surface area contributed by atoms with E-state index < -0.39 is 34.6 Å². The highest BCUT2D eigenvalue weighted by atomic mass is 35.5. The summed E-state index contributed by atoms with van der Waals surface area (Å²) in [5.74, 6) is -1.70. The predicted molar refractivity (Wildman–Crippen MR) is 154 cm³/mol. The van der Waals surface area contributed by atoms with E-state index >= 15 is 0 Å². The van der Waals surface area contributed by atoms with Crippen LogP contribution < -0.4 is 29.8 Å². The molecule has 0 saturated carbocycles. The van der Waals surface area contributed by atoms with E-state index in [1.54, 1.807) is 23.7 Å². The molecule has 3 unspecified atom stereocenters. The molecule has 0 saturated heterocycles. The molecule has 2 aliphatic heterocycles. The zero-order chi connectivity index (χ0) is 30.2. The van der Waals surface area contributed by atoms with Crippen LogP contribution in [0.4, 0.5) is 5.82 Å². The fourth-order valence-corrected chi connectivity index (χ4v) is 6.62. The fraction of sp³-hybridized carbons (Fsp3) is 0.367. The number of phenols is 1. The first-order valence-corrected chi connectivity index (χ1v) is 13.8. The van der Waals surface area contributed by atoms with Crippen molar-refractivity contribution in [3.8, 4) is 28.7 Å². The number of aromatic nitrogens is 2. The number of benzene rings is 2. The van der Waals surface area contributed by atoms with Crippen molar-refractivity contribution in [2.45, 2.75) is 44.8 Å². The maximum absolute atomic E-state index is 14.8. The topological polar surface area (TPSA) is 141 Å². The molecule has 0 amide bonds. The lowest BCUT2D eigenvalue weighted by atomic mass is 9.66. The molecule has 0 fully saturated rings. The summed E-state index contributed by atoms with van der Waals surface area (Å²) in [5.41, 5.74) is -0.701. The van der Waals surface area contributed by atoms with Crippen LogP contribution in [-0.4, -0.2) is 53.4 Å². The van der Waals surface area contributed by atoms with E-state index in [-0.39, 0.29) is 57.4 Å². The zero-order valence-electron chi connectivity index (χ0n) is 23.9. The van der Waals surface area contributed by atoms with Gasteiger partial charge in [0.05, 0.1) is 26.9 Å². The van der Waals surface area contributed by atoms with Crippen LogP contribution in [0.1, 0.15) is 60.6 Å². The average Bonchev–Trinajstić information content (AvgIpc) is 3.47. The lowest BCUT2D eigenvalue weighted by Crippen LogP contribution is -2.58. The number of nitrogens with zero attached hydrogens (tertiary/aromatic N) is 1. The van der Waals surface area contributed by atoms with Crippen molar-refractivity contribution in [3.63, 3.8) is 0 Å². The SMILES string of the molecule is COc1cc(C2C3=C(CC(C)C4(Oc5c(Cl)c(OC)cc(OC)c5C4=O)C3=O)Nc3c2c(=O)[nH]n3C(C)C)ccc1O. The molecular weight excluding hydrogens is 566 g/mol. The van der Waals surface area contributed by atoms with Gasteiger partial charge in [-0.1, -0.05) is 24.6 Å². The van der Waals surface area contributed by atoms with Crippen LogP contribution in [0.2, 0.25) is 5.02 Å². The van der Waals surface area contributed by atoms with E-state index in [4.69, 9.17) is 30.5 Å². The van der Waals surface area contributed by atoms with Gasteiger partial charge in [-0.15, -0.1) is 0 Å². The van der Waals surface area contributed by atoms with Gasteiger partial charge in [-0.3, -0.25) is 24.2 Å². The van der Waals surface area contributed by atoms with E-state index in [1.165, 1.54) is 33.5 Å². The third kappa shape index (κ3) is 3.55. The van der Waals surface area contributed by atoms with Gasteiger partial charge in [-0.2, -0.15) is 0 Å². The summed E-state index contributed by atoms with van der Waals surface area (Å²) in [6.07, 6.45) is 0.250. The standard InChI is InChI=1S/C30H30ClN3O8/c1-12(2)34-28-23(29(38)33-34)20(14-7-8-16(35)17(10-14)39-4)21-15(32-28)9-13(3)30(26(21)36)27(37)22-18(40-5)11-19(41-6)24(31)25(22)42-30/h7-8,10-13,20,32,35H,9H2,1-6H3,(H,33,38). The summed E-state index contributed by atoms with van der Waals surface area (Å²) in [6.45, 7) is 5.63. The summed E-state index contributed by atoms with van der Waals surface area (Å²) in [4.78, 5) is 42.7. The Labute approximate surface area is 246 Å². The summed E-state index contributed by atoms with van der Waals surface area (Å²) >= 11 is 6.60.